The molecule has 0 aliphatic heterocycles. The predicted octanol–water partition coefficient (Wildman–Crippen LogP) is 4.22. The van der Waals surface area contributed by atoms with E-state index in [1.807, 2.05) is 55.5 Å². The number of hydrogen-bond donors (Lipinski definition) is 0. The highest BCUT2D eigenvalue weighted by molar-refractivity contribution is 5.94. The number of hydrogen-bond acceptors (Lipinski definition) is 3. The van der Waals surface area contributed by atoms with Crippen LogP contribution in [0, 0.1) is 0 Å². The first-order valence-corrected chi connectivity index (χ1v) is 7.32. The molecule has 3 nitrogen and oxygen atoms in total. The molecule has 2 aromatic rings. The zero-order valence-electron chi connectivity index (χ0n) is 13.1. The molecule has 22 heavy (non-hydrogen) atoms. The van der Waals surface area contributed by atoms with Crippen LogP contribution in [-0.2, 0) is 9.53 Å². The van der Waals surface area contributed by atoms with Crippen molar-refractivity contribution in [3.05, 3.63) is 59.7 Å². The molecular formula is C19H20O3. The molecule has 0 aromatic heterocycles. The van der Waals surface area contributed by atoms with Crippen molar-refractivity contribution in [3.8, 4) is 11.1 Å². The molecule has 0 N–H and O–H groups in total. The summed E-state index contributed by atoms with van der Waals surface area (Å²) in [6.45, 7) is 5.40. The Morgan fingerprint density at radius 1 is 0.909 bits per heavy atom. The number of benzene rings is 2. The van der Waals surface area contributed by atoms with Gasteiger partial charge in [0.05, 0.1) is 6.61 Å². The van der Waals surface area contributed by atoms with E-state index < -0.39 is 0 Å². The van der Waals surface area contributed by atoms with Crippen LogP contribution in [0.5, 0.6) is 0 Å². The first kappa shape index (κ1) is 16.0. The van der Waals surface area contributed by atoms with Crippen LogP contribution in [0.2, 0.25) is 0 Å². The molecule has 0 fully saturated rings. The Labute approximate surface area is 130 Å². The van der Waals surface area contributed by atoms with Crippen LogP contribution < -0.4 is 0 Å². The van der Waals surface area contributed by atoms with Gasteiger partial charge in [-0.1, -0.05) is 55.5 Å². The Morgan fingerprint density at radius 2 is 1.41 bits per heavy atom. The summed E-state index contributed by atoms with van der Waals surface area (Å²) in [5.41, 5.74) is 4.02. The highest BCUT2D eigenvalue weighted by Gasteiger charge is 2.08. The van der Waals surface area contributed by atoms with Gasteiger partial charge in [0, 0.05) is 18.4 Å². The molecule has 1 atom stereocenters. The van der Waals surface area contributed by atoms with Crippen molar-refractivity contribution >= 4 is 11.8 Å². The highest BCUT2D eigenvalue weighted by atomic mass is 16.5. The highest BCUT2D eigenvalue weighted by Crippen LogP contribution is 2.23. The molecule has 0 radical (unpaired) electrons. The largest absolute Gasteiger partial charge is 0.465 e. The van der Waals surface area contributed by atoms with E-state index in [0.29, 0.717) is 6.61 Å². The van der Waals surface area contributed by atoms with Crippen LogP contribution in [0.1, 0.15) is 42.6 Å². The summed E-state index contributed by atoms with van der Waals surface area (Å²) in [5, 5.41) is 0. The fourth-order valence-electron chi connectivity index (χ4n) is 2.24. The zero-order valence-corrected chi connectivity index (χ0v) is 13.1. The van der Waals surface area contributed by atoms with Gasteiger partial charge in [0.1, 0.15) is 0 Å². The molecule has 2 rings (SSSR count). The van der Waals surface area contributed by atoms with Crippen molar-refractivity contribution < 1.29 is 14.3 Å². The fourth-order valence-corrected chi connectivity index (χ4v) is 2.24. The van der Waals surface area contributed by atoms with Gasteiger partial charge in [-0.15, -0.1) is 0 Å². The molecule has 0 bridgehead atoms. The second-order valence-electron chi connectivity index (χ2n) is 5.46. The van der Waals surface area contributed by atoms with Gasteiger partial charge in [0.25, 0.3) is 0 Å². The minimum absolute atomic E-state index is 0.0706. The second kappa shape index (κ2) is 7.03. The topological polar surface area (TPSA) is 43.4 Å². The molecule has 0 spiro atoms. The van der Waals surface area contributed by atoms with Gasteiger partial charge in [0.2, 0.25) is 0 Å². The van der Waals surface area contributed by atoms with Crippen LogP contribution in [0.15, 0.2) is 48.5 Å². The van der Waals surface area contributed by atoms with E-state index in [-0.39, 0.29) is 17.7 Å². The second-order valence-corrected chi connectivity index (χ2v) is 5.46. The molecule has 114 valence electrons. The lowest BCUT2D eigenvalue weighted by Gasteiger charge is -2.12. The zero-order chi connectivity index (χ0) is 16.1. The first-order chi connectivity index (χ1) is 10.5. The number of ether oxygens (including phenoxy) is 1. The van der Waals surface area contributed by atoms with Gasteiger partial charge in [-0.2, -0.15) is 0 Å². The SMILES string of the molecule is CC(=O)OCC(C)c1ccc(-c2ccc(C(C)=O)cc2)cc1. The average molecular weight is 296 g/mol. The maximum Gasteiger partial charge on any atom is 0.302 e. The lowest BCUT2D eigenvalue weighted by molar-refractivity contribution is -0.141. The molecule has 0 aliphatic carbocycles. The summed E-state index contributed by atoms with van der Waals surface area (Å²) in [5.74, 6) is -0.0201. The van der Waals surface area contributed by atoms with E-state index in [1.165, 1.54) is 6.92 Å². The van der Waals surface area contributed by atoms with Gasteiger partial charge in [-0.3, -0.25) is 9.59 Å². The number of rotatable bonds is 5. The number of ketones is 1. The third kappa shape index (κ3) is 4.04. The molecule has 1 unspecified atom stereocenters. The predicted molar refractivity (Wildman–Crippen MR) is 86.9 cm³/mol. The van der Waals surface area contributed by atoms with E-state index >= 15 is 0 Å². The smallest absolute Gasteiger partial charge is 0.302 e. The maximum atomic E-state index is 11.3. The van der Waals surface area contributed by atoms with E-state index in [9.17, 15) is 9.59 Å². The number of carbonyl (C=O) groups is 2. The van der Waals surface area contributed by atoms with Crippen LogP contribution in [-0.4, -0.2) is 18.4 Å². The number of Topliss-reactive ketones (excluding diaryl/α,β-unsaturated/α-hetero) is 1. The van der Waals surface area contributed by atoms with Gasteiger partial charge in [-0.05, 0) is 23.6 Å². The third-order valence-corrected chi connectivity index (χ3v) is 3.64. The van der Waals surface area contributed by atoms with Crippen molar-refractivity contribution in [2.45, 2.75) is 26.7 Å². The van der Waals surface area contributed by atoms with Gasteiger partial charge < -0.3 is 4.74 Å². The Morgan fingerprint density at radius 3 is 1.86 bits per heavy atom. The molecule has 3 heteroatoms. The summed E-state index contributed by atoms with van der Waals surface area (Å²) in [7, 11) is 0. The maximum absolute atomic E-state index is 11.3. The van der Waals surface area contributed by atoms with Crippen molar-refractivity contribution in [2.24, 2.45) is 0 Å². The summed E-state index contributed by atoms with van der Waals surface area (Å²) >= 11 is 0. The van der Waals surface area contributed by atoms with Crippen molar-refractivity contribution in [1.82, 2.24) is 0 Å². The van der Waals surface area contributed by atoms with E-state index in [0.717, 1.165) is 22.3 Å². The Balaban J connectivity index is 2.11. The monoisotopic (exact) mass is 296 g/mol. The lowest BCUT2D eigenvalue weighted by Crippen LogP contribution is -2.07. The minimum atomic E-state index is -0.256. The lowest BCUT2D eigenvalue weighted by atomic mass is 9.97. The van der Waals surface area contributed by atoms with Gasteiger partial charge in [0.15, 0.2) is 5.78 Å². The molecule has 0 heterocycles. The molecule has 0 saturated carbocycles. The minimum Gasteiger partial charge on any atom is -0.465 e. The summed E-state index contributed by atoms with van der Waals surface area (Å²) in [4.78, 5) is 22.1. The third-order valence-electron chi connectivity index (χ3n) is 3.64. The summed E-state index contributed by atoms with van der Waals surface area (Å²) < 4.78 is 5.04. The number of carbonyl (C=O) groups excluding carboxylic acids is 2. The molecule has 0 amide bonds. The standard InChI is InChI=1S/C19H20O3/c1-13(12-22-15(3)21)16-4-8-18(9-5-16)19-10-6-17(7-11-19)14(2)20/h4-11,13H,12H2,1-3H3. The number of esters is 1. The van der Waals surface area contributed by atoms with Crippen LogP contribution >= 0.6 is 0 Å². The average Bonchev–Trinajstić information content (AvgIpc) is 2.53. The summed E-state index contributed by atoms with van der Waals surface area (Å²) in [6, 6.07) is 15.8. The molecule has 0 saturated heterocycles. The normalized spacial score (nSPS) is 11.8. The van der Waals surface area contributed by atoms with E-state index in [4.69, 9.17) is 4.74 Å². The van der Waals surface area contributed by atoms with Crippen LogP contribution in [0.25, 0.3) is 11.1 Å². The summed E-state index contributed by atoms with van der Waals surface area (Å²) in [6.07, 6.45) is 0. The van der Waals surface area contributed by atoms with Crippen molar-refractivity contribution in [2.75, 3.05) is 6.61 Å². The van der Waals surface area contributed by atoms with Crippen LogP contribution in [0.4, 0.5) is 0 Å². The van der Waals surface area contributed by atoms with E-state index in [1.54, 1.807) is 6.92 Å². The Hall–Kier alpha value is -2.42. The van der Waals surface area contributed by atoms with Gasteiger partial charge >= 0.3 is 5.97 Å². The van der Waals surface area contributed by atoms with E-state index in [2.05, 4.69) is 0 Å². The molecule has 0 aliphatic rings. The van der Waals surface area contributed by atoms with Crippen molar-refractivity contribution in [3.63, 3.8) is 0 Å². The fraction of sp³-hybridized carbons (Fsp3) is 0.263. The van der Waals surface area contributed by atoms with Gasteiger partial charge in [-0.25, -0.2) is 0 Å². The molecule has 2 aromatic carbocycles. The Bertz CT molecular complexity index is 654. The van der Waals surface area contributed by atoms with Crippen LogP contribution in [0.3, 0.4) is 0 Å². The first-order valence-electron chi connectivity index (χ1n) is 7.32. The Kier molecular flexibility index (Phi) is 5.10. The quantitative estimate of drug-likeness (QED) is 0.613. The van der Waals surface area contributed by atoms with Crippen molar-refractivity contribution in [1.29, 1.82) is 0 Å². The molecular weight excluding hydrogens is 276 g/mol.